The molecule has 0 saturated heterocycles. The van der Waals surface area contributed by atoms with Gasteiger partial charge in [-0.3, -0.25) is 9.80 Å². The summed E-state index contributed by atoms with van der Waals surface area (Å²) in [7, 11) is 9.31. The fourth-order valence-corrected chi connectivity index (χ4v) is 2.60. The Morgan fingerprint density at radius 1 is 0.929 bits per heavy atom. The van der Waals surface area contributed by atoms with E-state index in [2.05, 4.69) is 68.3 Å². The fourth-order valence-electron chi connectivity index (χ4n) is 1.40. The average Bonchev–Trinajstić information content (AvgIpc) is 2.15. The third-order valence-electron chi connectivity index (χ3n) is 2.05. The van der Waals surface area contributed by atoms with Gasteiger partial charge in [0.15, 0.2) is 0 Å². The third kappa shape index (κ3) is 3.25. The molecule has 0 spiro atoms. The van der Waals surface area contributed by atoms with E-state index in [1.54, 1.807) is 0 Å². The maximum Gasteiger partial charge on any atom is 0.123 e. The number of hydrogen-bond acceptors (Lipinski definition) is 2. The molecule has 0 N–H and O–H groups in total. The van der Waals surface area contributed by atoms with Crippen molar-refractivity contribution >= 4 is 14.7 Å². The van der Waals surface area contributed by atoms with Crippen LogP contribution in [-0.2, 0) is 0 Å². The Morgan fingerprint density at radius 3 is 1.86 bits per heavy atom. The molecule has 0 unspecified atom stereocenters. The number of hydrogen-bond donors (Lipinski definition) is 0. The number of nitrogens with zero attached hydrogens (tertiary/aromatic N) is 2. The minimum Gasteiger partial charge on any atom is -0.297 e. The van der Waals surface area contributed by atoms with Crippen LogP contribution < -0.4 is 5.19 Å². The predicted molar refractivity (Wildman–Crippen MR) is 63.0 cm³/mol. The lowest BCUT2D eigenvalue weighted by atomic mass is 10.4. The van der Waals surface area contributed by atoms with Crippen LogP contribution in [0.5, 0.6) is 0 Å². The Kier molecular flexibility index (Phi) is 4.32. The van der Waals surface area contributed by atoms with Crippen LogP contribution >= 0.6 is 0 Å². The molecule has 1 aromatic rings. The van der Waals surface area contributed by atoms with Crippen molar-refractivity contribution in [1.82, 2.24) is 9.80 Å². The number of rotatable bonds is 4. The first-order chi connectivity index (χ1) is 6.61. The van der Waals surface area contributed by atoms with Crippen molar-refractivity contribution in [3.8, 4) is 0 Å². The lowest BCUT2D eigenvalue weighted by Gasteiger charge is -2.30. The Labute approximate surface area is 89.4 Å². The van der Waals surface area contributed by atoms with Gasteiger partial charge in [-0.25, -0.2) is 0 Å². The highest BCUT2D eigenvalue weighted by atomic mass is 28.2. The van der Waals surface area contributed by atoms with Crippen LogP contribution in [0.3, 0.4) is 0 Å². The highest BCUT2D eigenvalue weighted by Crippen LogP contribution is 1.95. The largest absolute Gasteiger partial charge is 0.297 e. The van der Waals surface area contributed by atoms with Crippen molar-refractivity contribution in [2.75, 3.05) is 28.2 Å². The maximum absolute atomic E-state index is 2.26. The van der Waals surface area contributed by atoms with E-state index in [0.717, 1.165) is 9.52 Å². The Morgan fingerprint density at radius 2 is 1.43 bits per heavy atom. The van der Waals surface area contributed by atoms with Gasteiger partial charge in [-0.05, 0) is 28.2 Å². The monoisotopic (exact) mass is 206 g/mol. The maximum atomic E-state index is 2.26. The molecule has 0 atom stereocenters. The molecular weight excluding hydrogens is 188 g/mol. The van der Waals surface area contributed by atoms with Gasteiger partial charge in [-0.1, -0.05) is 35.5 Å². The van der Waals surface area contributed by atoms with E-state index in [1.807, 2.05) is 0 Å². The van der Waals surface area contributed by atoms with Crippen molar-refractivity contribution < 1.29 is 0 Å². The van der Waals surface area contributed by atoms with Gasteiger partial charge in [-0.15, -0.1) is 0 Å². The molecule has 0 aromatic heterocycles. The second-order valence-corrected chi connectivity index (χ2v) is 5.19. The van der Waals surface area contributed by atoms with Crippen LogP contribution in [-0.4, -0.2) is 53.3 Å². The first-order valence-electron chi connectivity index (χ1n) is 4.75. The molecule has 1 aromatic carbocycles. The van der Waals surface area contributed by atoms with Crippen LogP contribution in [0.25, 0.3) is 0 Å². The summed E-state index contributed by atoms with van der Waals surface area (Å²) < 4.78 is 0. The molecule has 0 saturated carbocycles. The fraction of sp³-hybridized carbons (Fsp3) is 0.455. The third-order valence-corrected chi connectivity index (χ3v) is 4.01. The second-order valence-electron chi connectivity index (χ2n) is 3.81. The molecule has 0 bridgehead atoms. The predicted octanol–water partition coefficient (Wildman–Crippen LogP) is 0.423. The zero-order valence-corrected chi connectivity index (χ0v) is 10.4. The van der Waals surface area contributed by atoms with E-state index >= 15 is 0 Å². The summed E-state index contributed by atoms with van der Waals surface area (Å²) in [6, 6.07) is 10.7. The topological polar surface area (TPSA) is 6.48 Å². The summed E-state index contributed by atoms with van der Waals surface area (Å²) in [6.45, 7) is 0. The molecule has 76 valence electrons. The molecule has 14 heavy (non-hydrogen) atoms. The van der Waals surface area contributed by atoms with Crippen LogP contribution in [0, 0.1) is 0 Å². The first-order valence-corrected chi connectivity index (χ1v) is 5.83. The van der Waals surface area contributed by atoms with Gasteiger partial charge in [0.05, 0.1) is 5.79 Å². The lowest BCUT2D eigenvalue weighted by molar-refractivity contribution is 0.202. The zero-order valence-electron chi connectivity index (χ0n) is 9.36. The van der Waals surface area contributed by atoms with Crippen LogP contribution in [0.2, 0.25) is 0 Å². The smallest absolute Gasteiger partial charge is 0.123 e. The van der Waals surface area contributed by atoms with Crippen LogP contribution in [0.4, 0.5) is 0 Å². The molecular formula is C11H18N2Si. The van der Waals surface area contributed by atoms with E-state index in [0.29, 0.717) is 5.79 Å². The summed E-state index contributed by atoms with van der Waals surface area (Å²) >= 11 is 0. The van der Waals surface area contributed by atoms with E-state index in [9.17, 15) is 0 Å². The molecule has 0 fully saturated rings. The summed E-state index contributed by atoms with van der Waals surface area (Å²) in [5.41, 5.74) is 0. The highest BCUT2D eigenvalue weighted by Gasteiger charge is 2.14. The highest BCUT2D eigenvalue weighted by molar-refractivity contribution is 6.54. The second kappa shape index (κ2) is 5.29. The van der Waals surface area contributed by atoms with Gasteiger partial charge in [0.2, 0.25) is 0 Å². The zero-order chi connectivity index (χ0) is 10.6. The Balaban J connectivity index is 2.65. The van der Waals surface area contributed by atoms with E-state index in [-0.39, 0.29) is 0 Å². The molecule has 2 radical (unpaired) electrons. The first kappa shape index (κ1) is 11.4. The van der Waals surface area contributed by atoms with Gasteiger partial charge in [0.1, 0.15) is 9.52 Å². The van der Waals surface area contributed by atoms with Crippen LogP contribution in [0.1, 0.15) is 0 Å². The molecule has 0 heterocycles. The molecule has 3 heteroatoms. The van der Waals surface area contributed by atoms with E-state index in [1.165, 1.54) is 5.19 Å². The van der Waals surface area contributed by atoms with Crippen molar-refractivity contribution in [1.29, 1.82) is 0 Å². The molecule has 0 aliphatic heterocycles. The van der Waals surface area contributed by atoms with E-state index < -0.39 is 0 Å². The molecule has 2 nitrogen and oxygen atoms in total. The van der Waals surface area contributed by atoms with Gasteiger partial charge in [-0.2, -0.15) is 0 Å². The van der Waals surface area contributed by atoms with Crippen LogP contribution in [0.15, 0.2) is 30.3 Å². The van der Waals surface area contributed by atoms with Crippen molar-refractivity contribution in [3.05, 3.63) is 30.3 Å². The van der Waals surface area contributed by atoms with Gasteiger partial charge >= 0.3 is 0 Å². The van der Waals surface area contributed by atoms with Crippen molar-refractivity contribution in [2.24, 2.45) is 0 Å². The molecule has 0 aliphatic rings. The lowest BCUT2D eigenvalue weighted by Crippen LogP contribution is -2.48. The Hall–Kier alpha value is -0.643. The van der Waals surface area contributed by atoms with Gasteiger partial charge < -0.3 is 0 Å². The molecule has 1 rings (SSSR count). The van der Waals surface area contributed by atoms with Gasteiger partial charge in [0.25, 0.3) is 0 Å². The minimum absolute atomic E-state index is 0.498. The average molecular weight is 206 g/mol. The SMILES string of the molecule is CN(C)C([Si]c1ccccc1)N(C)C. The van der Waals surface area contributed by atoms with E-state index in [4.69, 9.17) is 0 Å². The normalized spacial score (nSPS) is 11.6. The molecule has 0 amide bonds. The summed E-state index contributed by atoms with van der Waals surface area (Å²) in [5.74, 6) is 0.498. The summed E-state index contributed by atoms with van der Waals surface area (Å²) in [6.07, 6.45) is 0. The Bertz CT molecular complexity index is 251. The molecule has 0 aliphatic carbocycles. The summed E-state index contributed by atoms with van der Waals surface area (Å²) in [5, 5.41) is 1.42. The summed E-state index contributed by atoms with van der Waals surface area (Å²) in [4.78, 5) is 4.51. The minimum atomic E-state index is 0.498. The van der Waals surface area contributed by atoms with Crippen molar-refractivity contribution in [2.45, 2.75) is 5.79 Å². The quantitative estimate of drug-likeness (QED) is 0.520. The standard InChI is InChI=1S/C11H18N2Si/c1-12(2)11(13(3)4)14-10-8-6-5-7-9-10/h5-9,11H,1-4H3. The number of benzene rings is 1. The van der Waals surface area contributed by atoms with Gasteiger partial charge in [0, 0.05) is 0 Å². The van der Waals surface area contributed by atoms with Crippen molar-refractivity contribution in [3.63, 3.8) is 0 Å².